The minimum atomic E-state index is -4.59. The molecule has 10 nitrogen and oxygen atoms in total. The minimum absolute atomic E-state index is 0.0648. The number of anilines is 1. The van der Waals surface area contributed by atoms with Crippen molar-refractivity contribution >= 4 is 49.6 Å². The van der Waals surface area contributed by atoms with Crippen LogP contribution in [0.3, 0.4) is 0 Å². The molecular weight excluding hydrogens is 644 g/mol. The number of aryl methyl sites for hydroxylation is 1. The molecule has 0 atom stereocenters. The topological polar surface area (TPSA) is 121 Å². The van der Waals surface area contributed by atoms with E-state index in [4.69, 9.17) is 18.9 Å². The number of rotatable bonds is 11. The number of carbonyl (C=O) groups is 2. The van der Waals surface area contributed by atoms with Crippen LogP contribution in [0, 0.1) is 0 Å². The molecule has 0 unspecified atom stereocenters. The standard InChI is InChI=1S/C38H32N2O8S/c1-45-28-19-22-34(35(24-28)46-2)40(38(42)48-37-30-12-6-8-14-32(30)39-33-15-9-7-13-31(33)37)49(43,44)29-20-16-26(17-21-29)18-23-36(41)47-25-27-10-4-3-5-11-27/h3-17,19-22,24H,18,23,25H2,1-2H3. The molecular formula is C38H32N2O8S. The van der Waals surface area contributed by atoms with E-state index in [0.29, 0.717) is 43.8 Å². The summed E-state index contributed by atoms with van der Waals surface area (Å²) in [6.07, 6.45) is -0.752. The monoisotopic (exact) mass is 676 g/mol. The van der Waals surface area contributed by atoms with Gasteiger partial charge in [0.25, 0.3) is 10.0 Å². The lowest BCUT2D eigenvalue weighted by Crippen LogP contribution is -2.39. The molecule has 0 bridgehead atoms. The van der Waals surface area contributed by atoms with Gasteiger partial charge >= 0.3 is 12.1 Å². The van der Waals surface area contributed by atoms with Crippen molar-refractivity contribution in [2.75, 3.05) is 18.5 Å². The summed E-state index contributed by atoms with van der Waals surface area (Å²) in [5, 5.41) is 1.06. The minimum Gasteiger partial charge on any atom is -0.497 e. The van der Waals surface area contributed by atoms with Crippen LogP contribution in [0.1, 0.15) is 17.5 Å². The highest BCUT2D eigenvalue weighted by atomic mass is 32.2. The van der Waals surface area contributed by atoms with Gasteiger partial charge in [0.05, 0.1) is 30.1 Å². The number of fused-ring (bicyclic) bond motifs is 2. The third-order valence-corrected chi connectivity index (χ3v) is 9.52. The van der Waals surface area contributed by atoms with Gasteiger partial charge in [0.2, 0.25) is 0 Å². The summed E-state index contributed by atoms with van der Waals surface area (Å²) in [6, 6.07) is 34.0. The summed E-state index contributed by atoms with van der Waals surface area (Å²) in [6.45, 7) is 0.169. The van der Waals surface area contributed by atoms with Gasteiger partial charge in [-0.15, -0.1) is 0 Å². The number of aromatic nitrogens is 1. The van der Waals surface area contributed by atoms with Gasteiger partial charge in [0, 0.05) is 23.3 Å². The number of nitrogens with zero attached hydrogens (tertiary/aromatic N) is 2. The Balaban J connectivity index is 1.31. The zero-order valence-corrected chi connectivity index (χ0v) is 27.6. The lowest BCUT2D eigenvalue weighted by molar-refractivity contribution is -0.144. The number of sulfonamides is 1. The molecule has 0 saturated carbocycles. The first-order chi connectivity index (χ1) is 23.8. The second-order valence-corrected chi connectivity index (χ2v) is 12.7. The Morgan fingerprint density at radius 3 is 1.98 bits per heavy atom. The number of amides is 1. The van der Waals surface area contributed by atoms with Gasteiger partial charge < -0.3 is 18.9 Å². The van der Waals surface area contributed by atoms with Gasteiger partial charge in [-0.25, -0.2) is 18.2 Å². The van der Waals surface area contributed by atoms with Gasteiger partial charge in [-0.05, 0) is 66.1 Å². The fourth-order valence-electron chi connectivity index (χ4n) is 5.31. The predicted octanol–water partition coefficient (Wildman–Crippen LogP) is 7.48. The van der Waals surface area contributed by atoms with E-state index in [2.05, 4.69) is 4.98 Å². The highest BCUT2D eigenvalue weighted by Crippen LogP contribution is 2.38. The average Bonchev–Trinajstić information content (AvgIpc) is 3.13. The molecule has 6 rings (SSSR count). The number of para-hydroxylation sites is 2. The maximum Gasteiger partial charge on any atom is 0.434 e. The Morgan fingerprint density at radius 2 is 1.35 bits per heavy atom. The fraction of sp³-hybridized carbons (Fsp3) is 0.132. The van der Waals surface area contributed by atoms with E-state index in [0.717, 1.165) is 5.56 Å². The second kappa shape index (κ2) is 14.4. The highest BCUT2D eigenvalue weighted by Gasteiger charge is 2.36. The highest BCUT2D eigenvalue weighted by molar-refractivity contribution is 7.93. The molecule has 0 fully saturated rings. The Morgan fingerprint density at radius 1 is 0.714 bits per heavy atom. The third-order valence-electron chi connectivity index (χ3n) is 7.82. The average molecular weight is 677 g/mol. The maximum atomic E-state index is 14.4. The Bertz CT molecular complexity index is 2190. The quantitative estimate of drug-likeness (QED) is 0.102. The van der Waals surface area contributed by atoms with Crippen molar-refractivity contribution in [2.24, 2.45) is 0 Å². The van der Waals surface area contributed by atoms with Crippen LogP contribution in [0.4, 0.5) is 10.5 Å². The van der Waals surface area contributed by atoms with Crippen molar-refractivity contribution in [2.45, 2.75) is 24.3 Å². The molecule has 0 radical (unpaired) electrons. The molecule has 1 amide bonds. The van der Waals surface area contributed by atoms with Gasteiger partial charge in [0.1, 0.15) is 23.8 Å². The smallest absolute Gasteiger partial charge is 0.434 e. The summed E-state index contributed by atoms with van der Waals surface area (Å²) in [5.41, 5.74) is 2.65. The molecule has 49 heavy (non-hydrogen) atoms. The number of hydrogen-bond acceptors (Lipinski definition) is 9. The van der Waals surface area contributed by atoms with E-state index in [9.17, 15) is 18.0 Å². The van der Waals surface area contributed by atoms with Crippen molar-refractivity contribution in [3.63, 3.8) is 0 Å². The molecule has 0 aliphatic rings. The molecule has 11 heteroatoms. The van der Waals surface area contributed by atoms with Crippen LogP contribution in [-0.2, 0) is 32.6 Å². The summed E-state index contributed by atoms with van der Waals surface area (Å²) in [4.78, 5) is 31.1. The lowest BCUT2D eigenvalue weighted by Gasteiger charge is -2.24. The van der Waals surface area contributed by atoms with Crippen molar-refractivity contribution < 1.29 is 37.0 Å². The first-order valence-corrected chi connectivity index (χ1v) is 16.8. The summed E-state index contributed by atoms with van der Waals surface area (Å²) in [7, 11) is -1.77. The number of esters is 1. The van der Waals surface area contributed by atoms with Crippen LogP contribution in [0.5, 0.6) is 17.2 Å². The van der Waals surface area contributed by atoms with Crippen molar-refractivity contribution in [3.05, 3.63) is 132 Å². The number of hydrogen-bond donors (Lipinski definition) is 0. The molecule has 1 heterocycles. The predicted molar refractivity (Wildman–Crippen MR) is 185 cm³/mol. The zero-order chi connectivity index (χ0) is 34.4. The fourth-order valence-corrected chi connectivity index (χ4v) is 6.64. The number of methoxy groups -OCH3 is 2. The van der Waals surface area contributed by atoms with Crippen molar-refractivity contribution in [1.82, 2.24) is 4.98 Å². The zero-order valence-electron chi connectivity index (χ0n) is 26.7. The summed E-state index contributed by atoms with van der Waals surface area (Å²) in [5.74, 6) is 0.240. The maximum absolute atomic E-state index is 14.4. The molecule has 248 valence electrons. The van der Waals surface area contributed by atoms with Gasteiger partial charge in [-0.3, -0.25) is 4.79 Å². The first kappa shape index (κ1) is 33.0. The molecule has 0 N–H and O–H groups in total. The Labute approximate surface area is 283 Å². The SMILES string of the molecule is COc1ccc(N(C(=O)Oc2c3ccccc3nc3ccccc23)S(=O)(=O)c2ccc(CCC(=O)OCc3ccccc3)cc2)c(OC)c1. The summed E-state index contributed by atoms with van der Waals surface area (Å²) < 4.78 is 51.5. The number of pyridine rings is 1. The van der Waals surface area contributed by atoms with E-state index < -0.39 is 16.1 Å². The molecule has 0 aliphatic heterocycles. The molecule has 1 aromatic heterocycles. The first-order valence-electron chi connectivity index (χ1n) is 15.3. The molecule has 6 aromatic rings. The molecule has 0 aliphatic carbocycles. The normalized spacial score (nSPS) is 11.2. The molecule has 0 saturated heterocycles. The van der Waals surface area contributed by atoms with E-state index >= 15 is 0 Å². The third kappa shape index (κ3) is 7.16. The Kier molecular flexibility index (Phi) is 9.72. The van der Waals surface area contributed by atoms with E-state index in [1.165, 1.54) is 44.6 Å². The Hall–Kier alpha value is -5.94. The molecule has 0 spiro atoms. The van der Waals surface area contributed by atoms with E-state index in [1.54, 1.807) is 48.5 Å². The van der Waals surface area contributed by atoms with Crippen LogP contribution in [0.2, 0.25) is 0 Å². The largest absolute Gasteiger partial charge is 0.497 e. The number of ether oxygens (including phenoxy) is 4. The van der Waals surface area contributed by atoms with Crippen LogP contribution in [-0.4, -0.2) is 39.7 Å². The van der Waals surface area contributed by atoms with Gasteiger partial charge in [0.15, 0.2) is 5.75 Å². The van der Waals surface area contributed by atoms with E-state index in [-0.39, 0.29) is 41.1 Å². The summed E-state index contributed by atoms with van der Waals surface area (Å²) >= 11 is 0. The number of benzene rings is 5. The van der Waals surface area contributed by atoms with E-state index in [1.807, 2.05) is 42.5 Å². The van der Waals surface area contributed by atoms with Crippen LogP contribution < -0.4 is 18.5 Å². The van der Waals surface area contributed by atoms with Crippen molar-refractivity contribution in [1.29, 1.82) is 0 Å². The van der Waals surface area contributed by atoms with Gasteiger partial charge in [-0.1, -0.05) is 66.7 Å². The van der Waals surface area contributed by atoms with Crippen LogP contribution >= 0.6 is 0 Å². The van der Waals surface area contributed by atoms with Crippen LogP contribution in [0.25, 0.3) is 21.8 Å². The van der Waals surface area contributed by atoms with Crippen molar-refractivity contribution in [3.8, 4) is 17.2 Å². The number of carbonyl (C=O) groups excluding carboxylic acids is 2. The van der Waals surface area contributed by atoms with Crippen LogP contribution in [0.15, 0.2) is 126 Å². The second-order valence-electron chi connectivity index (χ2n) is 10.9. The lowest BCUT2D eigenvalue weighted by atomic mass is 10.1. The molecule has 5 aromatic carbocycles. The van der Waals surface area contributed by atoms with Gasteiger partial charge in [-0.2, -0.15) is 4.31 Å².